The highest BCUT2D eigenvalue weighted by Gasteiger charge is 2.17. The Balaban J connectivity index is 1.50. The number of nitrogens with one attached hydrogen (secondary N) is 1. The molecule has 8 heteroatoms. The normalized spacial score (nSPS) is 16.9. The summed E-state index contributed by atoms with van der Waals surface area (Å²) in [6, 6.07) is 1.77. The molecular weight excluding hydrogens is 310 g/mol. The van der Waals surface area contributed by atoms with Gasteiger partial charge in [0.25, 0.3) is 5.91 Å². The third-order valence-corrected chi connectivity index (χ3v) is 4.01. The van der Waals surface area contributed by atoms with Crippen LogP contribution in [0.5, 0.6) is 0 Å². The quantitative estimate of drug-likeness (QED) is 0.849. The molecule has 1 aliphatic rings. The number of carbonyl (C=O) groups excluding carboxylic acids is 1. The number of nitrogens with zero attached hydrogens (tertiary/aromatic N) is 4. The number of morpholine rings is 1. The zero-order valence-electron chi connectivity index (χ0n) is 14.1. The molecule has 1 N–H and O–H groups in total. The molecule has 130 valence electrons. The number of aryl methyl sites for hydroxylation is 1. The Bertz CT molecular complexity index is 675. The van der Waals surface area contributed by atoms with Crippen LogP contribution in [0.15, 0.2) is 23.0 Å². The van der Waals surface area contributed by atoms with Crippen molar-refractivity contribution in [2.45, 2.75) is 26.4 Å². The molecule has 3 rings (SSSR count). The lowest BCUT2D eigenvalue weighted by Gasteiger charge is -2.25. The molecule has 0 aliphatic carbocycles. The molecule has 1 amide bonds. The Labute approximate surface area is 140 Å². The predicted molar refractivity (Wildman–Crippen MR) is 86.6 cm³/mol. The van der Waals surface area contributed by atoms with Gasteiger partial charge < -0.3 is 14.6 Å². The van der Waals surface area contributed by atoms with E-state index in [-0.39, 0.29) is 11.9 Å². The molecule has 0 aromatic carbocycles. The van der Waals surface area contributed by atoms with Crippen LogP contribution < -0.4 is 5.32 Å². The van der Waals surface area contributed by atoms with E-state index in [4.69, 9.17) is 9.26 Å². The van der Waals surface area contributed by atoms with Gasteiger partial charge in [0.2, 0.25) is 0 Å². The van der Waals surface area contributed by atoms with E-state index in [0.717, 1.165) is 31.9 Å². The van der Waals surface area contributed by atoms with Crippen molar-refractivity contribution in [1.82, 2.24) is 25.2 Å². The average molecular weight is 333 g/mol. The topological polar surface area (TPSA) is 85.4 Å². The second kappa shape index (κ2) is 7.59. The molecule has 1 fully saturated rings. The Morgan fingerprint density at radius 3 is 2.92 bits per heavy atom. The standard InChI is InChI=1S/C16H23N5O3/c1-12-8-18-21(10-12)13(2)9-17-16(22)15-7-14(24-19-15)11-20-3-5-23-6-4-20/h7-8,10,13H,3-6,9,11H2,1-2H3,(H,17,22)/t13-/m1/s1. The van der Waals surface area contributed by atoms with E-state index in [2.05, 4.69) is 20.5 Å². The SMILES string of the molecule is Cc1cnn([C@H](C)CNC(=O)c2cc(CN3CCOCC3)on2)c1. The third kappa shape index (κ3) is 4.21. The van der Waals surface area contributed by atoms with Crippen molar-refractivity contribution < 1.29 is 14.1 Å². The zero-order chi connectivity index (χ0) is 16.9. The van der Waals surface area contributed by atoms with E-state index in [1.54, 1.807) is 12.3 Å². The predicted octanol–water partition coefficient (Wildman–Crippen LogP) is 1.00. The van der Waals surface area contributed by atoms with E-state index in [0.29, 0.717) is 24.5 Å². The van der Waals surface area contributed by atoms with E-state index in [1.165, 1.54) is 0 Å². The van der Waals surface area contributed by atoms with E-state index in [9.17, 15) is 4.79 Å². The summed E-state index contributed by atoms with van der Waals surface area (Å²) in [7, 11) is 0. The summed E-state index contributed by atoms with van der Waals surface area (Å²) in [5.74, 6) is 0.459. The fraction of sp³-hybridized carbons (Fsp3) is 0.562. The first-order valence-electron chi connectivity index (χ1n) is 8.16. The first-order valence-corrected chi connectivity index (χ1v) is 8.16. The first kappa shape index (κ1) is 16.7. The lowest BCUT2D eigenvalue weighted by Crippen LogP contribution is -2.35. The molecule has 0 radical (unpaired) electrons. The number of aromatic nitrogens is 3. The van der Waals surface area contributed by atoms with Gasteiger partial charge in [0.05, 0.1) is 32.0 Å². The molecular formula is C16H23N5O3. The lowest BCUT2D eigenvalue weighted by atomic mass is 10.3. The highest BCUT2D eigenvalue weighted by atomic mass is 16.5. The van der Waals surface area contributed by atoms with Crippen LogP contribution in [0.3, 0.4) is 0 Å². The molecule has 2 aromatic heterocycles. The monoisotopic (exact) mass is 333 g/mol. The molecule has 0 unspecified atom stereocenters. The van der Waals surface area contributed by atoms with Gasteiger partial charge in [-0.2, -0.15) is 5.10 Å². The van der Waals surface area contributed by atoms with Crippen molar-refractivity contribution in [3.8, 4) is 0 Å². The molecule has 2 aromatic rings. The highest BCUT2D eigenvalue weighted by Crippen LogP contribution is 2.10. The summed E-state index contributed by atoms with van der Waals surface area (Å²) in [6.45, 7) is 8.29. The Morgan fingerprint density at radius 1 is 1.42 bits per heavy atom. The van der Waals surface area contributed by atoms with Crippen molar-refractivity contribution >= 4 is 5.91 Å². The Morgan fingerprint density at radius 2 is 2.21 bits per heavy atom. The molecule has 1 aliphatic heterocycles. The summed E-state index contributed by atoms with van der Waals surface area (Å²) < 4.78 is 12.4. The molecule has 0 spiro atoms. The van der Waals surface area contributed by atoms with Gasteiger partial charge >= 0.3 is 0 Å². The number of carbonyl (C=O) groups is 1. The molecule has 1 saturated heterocycles. The van der Waals surface area contributed by atoms with E-state index >= 15 is 0 Å². The van der Waals surface area contributed by atoms with Crippen molar-refractivity contribution in [3.63, 3.8) is 0 Å². The second-order valence-electron chi connectivity index (χ2n) is 6.12. The Kier molecular flexibility index (Phi) is 5.27. The molecule has 3 heterocycles. The third-order valence-electron chi connectivity index (χ3n) is 4.01. The first-order chi connectivity index (χ1) is 11.6. The van der Waals surface area contributed by atoms with Crippen LogP contribution in [0.1, 0.15) is 34.8 Å². The van der Waals surface area contributed by atoms with E-state index in [1.807, 2.05) is 24.7 Å². The summed E-state index contributed by atoms with van der Waals surface area (Å²) >= 11 is 0. The van der Waals surface area contributed by atoms with Gasteiger partial charge in [-0.3, -0.25) is 14.4 Å². The van der Waals surface area contributed by atoms with Gasteiger partial charge in [0.15, 0.2) is 11.5 Å². The Hall–Kier alpha value is -2.19. The summed E-state index contributed by atoms with van der Waals surface area (Å²) in [6.07, 6.45) is 3.75. The lowest BCUT2D eigenvalue weighted by molar-refractivity contribution is 0.0305. The fourth-order valence-electron chi connectivity index (χ4n) is 2.57. The van der Waals surface area contributed by atoms with Crippen LogP contribution in [-0.2, 0) is 11.3 Å². The molecule has 0 bridgehead atoms. The molecule has 1 atom stereocenters. The zero-order valence-corrected chi connectivity index (χ0v) is 14.1. The van der Waals surface area contributed by atoms with Gasteiger partial charge in [0.1, 0.15) is 0 Å². The van der Waals surface area contributed by atoms with Crippen molar-refractivity contribution in [3.05, 3.63) is 35.5 Å². The van der Waals surface area contributed by atoms with Crippen molar-refractivity contribution in [1.29, 1.82) is 0 Å². The minimum Gasteiger partial charge on any atom is -0.379 e. The molecule has 8 nitrogen and oxygen atoms in total. The van der Waals surface area contributed by atoms with Gasteiger partial charge in [0, 0.05) is 31.9 Å². The van der Waals surface area contributed by atoms with Gasteiger partial charge in [-0.15, -0.1) is 0 Å². The van der Waals surface area contributed by atoms with Crippen LogP contribution in [0.25, 0.3) is 0 Å². The number of rotatable bonds is 6. The highest BCUT2D eigenvalue weighted by molar-refractivity contribution is 5.92. The maximum absolute atomic E-state index is 12.2. The minimum atomic E-state index is -0.234. The molecule has 0 saturated carbocycles. The number of amides is 1. The van der Waals surface area contributed by atoms with Crippen LogP contribution in [-0.4, -0.2) is 58.6 Å². The smallest absolute Gasteiger partial charge is 0.273 e. The number of hydrogen-bond donors (Lipinski definition) is 1. The molecule has 24 heavy (non-hydrogen) atoms. The van der Waals surface area contributed by atoms with Gasteiger partial charge in [-0.1, -0.05) is 5.16 Å². The van der Waals surface area contributed by atoms with Gasteiger partial charge in [-0.05, 0) is 19.4 Å². The summed E-state index contributed by atoms with van der Waals surface area (Å²) in [4.78, 5) is 14.4. The van der Waals surface area contributed by atoms with E-state index < -0.39 is 0 Å². The largest absolute Gasteiger partial charge is 0.379 e. The number of hydrogen-bond acceptors (Lipinski definition) is 6. The van der Waals surface area contributed by atoms with Crippen LogP contribution in [0, 0.1) is 6.92 Å². The second-order valence-corrected chi connectivity index (χ2v) is 6.12. The van der Waals surface area contributed by atoms with Crippen LogP contribution in [0.2, 0.25) is 0 Å². The average Bonchev–Trinajstić information content (AvgIpc) is 3.22. The number of ether oxygens (including phenoxy) is 1. The summed E-state index contributed by atoms with van der Waals surface area (Å²) in [5.41, 5.74) is 1.40. The van der Waals surface area contributed by atoms with Crippen LogP contribution >= 0.6 is 0 Å². The van der Waals surface area contributed by atoms with Gasteiger partial charge in [-0.25, -0.2) is 0 Å². The van der Waals surface area contributed by atoms with Crippen molar-refractivity contribution in [2.24, 2.45) is 0 Å². The summed E-state index contributed by atoms with van der Waals surface area (Å²) in [5, 5.41) is 11.0. The minimum absolute atomic E-state index is 0.0716. The maximum Gasteiger partial charge on any atom is 0.273 e. The fourth-order valence-corrected chi connectivity index (χ4v) is 2.57. The van der Waals surface area contributed by atoms with Crippen LogP contribution in [0.4, 0.5) is 0 Å². The van der Waals surface area contributed by atoms with Crippen molar-refractivity contribution in [2.75, 3.05) is 32.8 Å². The maximum atomic E-state index is 12.2.